The van der Waals surface area contributed by atoms with Crippen molar-refractivity contribution in [1.29, 1.82) is 0 Å². The van der Waals surface area contributed by atoms with Crippen LogP contribution in [0, 0.1) is 0 Å². The summed E-state index contributed by atoms with van der Waals surface area (Å²) in [6, 6.07) is 0.922. The highest BCUT2D eigenvalue weighted by Crippen LogP contribution is 2.18. The smallest absolute Gasteiger partial charge is 0.234 e. The van der Waals surface area contributed by atoms with Gasteiger partial charge in [-0.1, -0.05) is 6.92 Å². The van der Waals surface area contributed by atoms with Crippen LogP contribution in [-0.4, -0.2) is 24.5 Å². The van der Waals surface area contributed by atoms with E-state index in [9.17, 15) is 4.79 Å². The summed E-state index contributed by atoms with van der Waals surface area (Å²) in [5.41, 5.74) is 0. The number of amides is 1. The first-order valence-corrected chi connectivity index (χ1v) is 4.75. The second-order valence-electron chi connectivity index (χ2n) is 3.53. The van der Waals surface area contributed by atoms with Crippen LogP contribution in [0.5, 0.6) is 0 Å². The molecule has 0 aromatic carbocycles. The van der Waals surface area contributed by atoms with Gasteiger partial charge in [-0.25, -0.2) is 0 Å². The maximum atomic E-state index is 11.1. The van der Waals surface area contributed by atoms with Gasteiger partial charge in [0.05, 0.1) is 6.54 Å². The third kappa shape index (κ3) is 3.72. The molecule has 1 saturated carbocycles. The molecule has 0 radical (unpaired) electrons. The van der Waals surface area contributed by atoms with E-state index in [0.717, 1.165) is 19.3 Å². The fraction of sp³-hybridized carbons (Fsp3) is 0.889. The Bertz CT molecular complexity index is 155. The van der Waals surface area contributed by atoms with E-state index >= 15 is 0 Å². The monoisotopic (exact) mass is 170 g/mol. The Balaban J connectivity index is 2.00. The summed E-state index contributed by atoms with van der Waals surface area (Å²) in [6.45, 7) is 4.66. The van der Waals surface area contributed by atoms with Gasteiger partial charge in [-0.2, -0.15) is 0 Å². The normalized spacial score (nSPS) is 18.8. The van der Waals surface area contributed by atoms with Crippen molar-refractivity contribution in [3.63, 3.8) is 0 Å². The van der Waals surface area contributed by atoms with E-state index in [2.05, 4.69) is 24.5 Å². The molecule has 0 aromatic rings. The number of hydrogen-bond donors (Lipinski definition) is 2. The predicted octanol–water partition coefficient (Wildman–Crippen LogP) is 0.653. The average Bonchev–Trinajstić information content (AvgIpc) is 2.84. The summed E-state index contributed by atoms with van der Waals surface area (Å²) in [6.07, 6.45) is 3.39. The van der Waals surface area contributed by atoms with Gasteiger partial charge in [0, 0.05) is 12.1 Å². The van der Waals surface area contributed by atoms with E-state index < -0.39 is 0 Å². The van der Waals surface area contributed by atoms with Gasteiger partial charge in [-0.05, 0) is 26.2 Å². The standard InChI is InChI=1S/C9H18N2O/c1-3-7(2)10-6-9(12)11-8-4-5-8/h7-8,10H,3-6H2,1-2H3,(H,11,12). The van der Waals surface area contributed by atoms with Crippen LogP contribution in [0.3, 0.4) is 0 Å². The Morgan fingerprint density at radius 2 is 2.25 bits per heavy atom. The molecule has 0 saturated heterocycles. The van der Waals surface area contributed by atoms with Crippen LogP contribution in [0.4, 0.5) is 0 Å². The number of hydrogen-bond acceptors (Lipinski definition) is 2. The fourth-order valence-corrected chi connectivity index (χ4v) is 0.918. The molecule has 0 aromatic heterocycles. The second-order valence-corrected chi connectivity index (χ2v) is 3.53. The molecule has 1 aliphatic carbocycles. The maximum absolute atomic E-state index is 11.1. The lowest BCUT2D eigenvalue weighted by molar-refractivity contribution is -0.120. The minimum Gasteiger partial charge on any atom is -0.352 e. The summed E-state index contributed by atoms with van der Waals surface area (Å²) in [5, 5.41) is 6.09. The number of carbonyl (C=O) groups excluding carboxylic acids is 1. The summed E-state index contributed by atoms with van der Waals surface area (Å²) in [7, 11) is 0. The Morgan fingerprint density at radius 3 is 2.75 bits per heavy atom. The van der Waals surface area contributed by atoms with Crippen molar-refractivity contribution in [2.75, 3.05) is 6.54 Å². The maximum Gasteiger partial charge on any atom is 0.234 e. The highest BCUT2D eigenvalue weighted by Gasteiger charge is 2.22. The summed E-state index contributed by atoms with van der Waals surface area (Å²) in [4.78, 5) is 11.1. The number of rotatable bonds is 5. The van der Waals surface area contributed by atoms with Gasteiger partial charge >= 0.3 is 0 Å². The van der Waals surface area contributed by atoms with Crippen molar-refractivity contribution in [3.8, 4) is 0 Å². The second kappa shape index (κ2) is 4.45. The van der Waals surface area contributed by atoms with Crippen molar-refractivity contribution in [2.45, 2.75) is 45.2 Å². The van der Waals surface area contributed by atoms with Crippen LogP contribution >= 0.6 is 0 Å². The zero-order valence-electron chi connectivity index (χ0n) is 7.89. The molecule has 1 atom stereocenters. The molecule has 2 N–H and O–H groups in total. The third-order valence-electron chi connectivity index (χ3n) is 2.17. The number of nitrogens with one attached hydrogen (secondary N) is 2. The lowest BCUT2D eigenvalue weighted by Crippen LogP contribution is -2.38. The quantitative estimate of drug-likeness (QED) is 0.636. The molecule has 1 rings (SSSR count). The largest absolute Gasteiger partial charge is 0.352 e. The van der Waals surface area contributed by atoms with Crippen LogP contribution in [0.2, 0.25) is 0 Å². The number of carbonyl (C=O) groups is 1. The summed E-state index contributed by atoms with van der Waals surface area (Å²) < 4.78 is 0. The minimum atomic E-state index is 0.137. The Labute approximate surface area is 73.9 Å². The third-order valence-corrected chi connectivity index (χ3v) is 2.17. The van der Waals surface area contributed by atoms with Crippen molar-refractivity contribution < 1.29 is 4.79 Å². The molecule has 0 spiro atoms. The van der Waals surface area contributed by atoms with E-state index in [-0.39, 0.29) is 5.91 Å². The van der Waals surface area contributed by atoms with Crippen molar-refractivity contribution in [2.24, 2.45) is 0 Å². The average molecular weight is 170 g/mol. The van der Waals surface area contributed by atoms with Crippen LogP contribution in [0.25, 0.3) is 0 Å². The van der Waals surface area contributed by atoms with Crippen molar-refractivity contribution in [3.05, 3.63) is 0 Å². The predicted molar refractivity (Wildman–Crippen MR) is 48.9 cm³/mol. The van der Waals surface area contributed by atoms with Gasteiger partial charge in [-0.15, -0.1) is 0 Å². The molecule has 0 bridgehead atoms. The fourth-order valence-electron chi connectivity index (χ4n) is 0.918. The van der Waals surface area contributed by atoms with Gasteiger partial charge in [-0.3, -0.25) is 4.79 Å². The highest BCUT2D eigenvalue weighted by atomic mass is 16.2. The van der Waals surface area contributed by atoms with Crippen LogP contribution in [0.15, 0.2) is 0 Å². The van der Waals surface area contributed by atoms with E-state index in [0.29, 0.717) is 18.6 Å². The lowest BCUT2D eigenvalue weighted by atomic mass is 10.2. The summed E-state index contributed by atoms with van der Waals surface area (Å²) in [5.74, 6) is 0.137. The Hall–Kier alpha value is -0.570. The topological polar surface area (TPSA) is 41.1 Å². The molecule has 1 amide bonds. The highest BCUT2D eigenvalue weighted by molar-refractivity contribution is 5.78. The molecule has 0 heterocycles. The first-order chi connectivity index (χ1) is 5.72. The lowest BCUT2D eigenvalue weighted by Gasteiger charge is -2.10. The minimum absolute atomic E-state index is 0.137. The molecule has 1 aliphatic rings. The van der Waals surface area contributed by atoms with Crippen molar-refractivity contribution >= 4 is 5.91 Å². The SMILES string of the molecule is CCC(C)NCC(=O)NC1CC1. The molecule has 3 heteroatoms. The first kappa shape index (κ1) is 9.52. The van der Waals surface area contributed by atoms with E-state index in [1.165, 1.54) is 0 Å². The summed E-state index contributed by atoms with van der Waals surface area (Å²) >= 11 is 0. The van der Waals surface area contributed by atoms with Gasteiger partial charge < -0.3 is 10.6 Å². The van der Waals surface area contributed by atoms with Crippen LogP contribution < -0.4 is 10.6 Å². The molecular formula is C9H18N2O. The zero-order valence-corrected chi connectivity index (χ0v) is 7.89. The molecule has 12 heavy (non-hydrogen) atoms. The van der Waals surface area contributed by atoms with E-state index in [1.54, 1.807) is 0 Å². The van der Waals surface area contributed by atoms with E-state index in [4.69, 9.17) is 0 Å². The van der Waals surface area contributed by atoms with Gasteiger partial charge in [0.25, 0.3) is 0 Å². The molecule has 3 nitrogen and oxygen atoms in total. The van der Waals surface area contributed by atoms with E-state index in [1.807, 2.05) is 0 Å². The molecule has 70 valence electrons. The van der Waals surface area contributed by atoms with Crippen molar-refractivity contribution in [1.82, 2.24) is 10.6 Å². The van der Waals surface area contributed by atoms with Gasteiger partial charge in [0.1, 0.15) is 0 Å². The Kier molecular flexibility index (Phi) is 3.53. The molecule has 1 unspecified atom stereocenters. The van der Waals surface area contributed by atoms with Gasteiger partial charge in [0.15, 0.2) is 0 Å². The van der Waals surface area contributed by atoms with Gasteiger partial charge in [0.2, 0.25) is 5.91 Å². The van der Waals surface area contributed by atoms with Crippen LogP contribution in [-0.2, 0) is 4.79 Å². The molecule has 1 fully saturated rings. The molecule has 0 aliphatic heterocycles. The molecular weight excluding hydrogens is 152 g/mol. The first-order valence-electron chi connectivity index (χ1n) is 4.75. The Morgan fingerprint density at radius 1 is 1.58 bits per heavy atom. The van der Waals surface area contributed by atoms with Crippen LogP contribution in [0.1, 0.15) is 33.1 Å². The zero-order chi connectivity index (χ0) is 8.97.